The summed E-state index contributed by atoms with van der Waals surface area (Å²) in [6, 6.07) is 12.2. The standard InChI is InChI=1S/C30H43N7O6S/c1-20(2)15-25(34-29(40)26(36-37-32)17-21-7-5-4-6-8-21)28(39)35-27(19-38)30(41)33-24(13-14-44(3,42)43)16-22-9-11-23(18-31)12-10-22/h4-12,20,24-27,38H,13-19,31H2,1-3H3,(H,33,41)(H,34,40)(H,35,39)/t24-,25+,26+,27+/m1/s1. The number of carbonyl (C=O) groups excluding carboxylic acids is 3. The minimum atomic E-state index is -3.33. The van der Waals surface area contributed by atoms with Crippen molar-refractivity contribution in [2.24, 2.45) is 16.8 Å². The number of aliphatic hydroxyl groups excluding tert-OH is 1. The maximum absolute atomic E-state index is 13.3. The Bertz CT molecular complexity index is 1380. The molecule has 0 fully saturated rings. The van der Waals surface area contributed by atoms with E-state index in [1.165, 1.54) is 0 Å². The summed E-state index contributed by atoms with van der Waals surface area (Å²) in [5.41, 5.74) is 17.2. The third kappa shape index (κ3) is 13.1. The van der Waals surface area contributed by atoms with Crippen LogP contribution in [0.5, 0.6) is 0 Å². The van der Waals surface area contributed by atoms with Crippen LogP contribution >= 0.6 is 0 Å². The monoisotopic (exact) mass is 629 g/mol. The molecule has 6 N–H and O–H groups in total. The minimum Gasteiger partial charge on any atom is -0.394 e. The molecule has 2 rings (SSSR count). The summed E-state index contributed by atoms with van der Waals surface area (Å²) in [4.78, 5) is 42.4. The Kier molecular flexibility index (Phi) is 14.8. The van der Waals surface area contributed by atoms with Crippen LogP contribution in [0.25, 0.3) is 10.4 Å². The molecule has 13 nitrogen and oxygen atoms in total. The fraction of sp³-hybridized carbons (Fsp3) is 0.500. The zero-order chi connectivity index (χ0) is 32.7. The molecular formula is C30H43N7O6S. The van der Waals surface area contributed by atoms with Crippen molar-refractivity contribution in [3.8, 4) is 0 Å². The van der Waals surface area contributed by atoms with Crippen molar-refractivity contribution in [2.45, 2.75) is 70.2 Å². The number of amides is 3. The van der Waals surface area contributed by atoms with Gasteiger partial charge in [-0.2, -0.15) is 0 Å². The van der Waals surface area contributed by atoms with Gasteiger partial charge in [0, 0.05) is 23.8 Å². The lowest BCUT2D eigenvalue weighted by molar-refractivity contribution is -0.133. The highest BCUT2D eigenvalue weighted by Gasteiger charge is 2.30. The summed E-state index contributed by atoms with van der Waals surface area (Å²) >= 11 is 0. The van der Waals surface area contributed by atoms with E-state index >= 15 is 0 Å². The van der Waals surface area contributed by atoms with Crippen LogP contribution in [0, 0.1) is 5.92 Å². The Hall–Kier alpha value is -3.97. The van der Waals surface area contributed by atoms with Crippen molar-refractivity contribution in [2.75, 3.05) is 18.6 Å². The first-order valence-electron chi connectivity index (χ1n) is 14.4. The maximum atomic E-state index is 13.3. The molecule has 240 valence electrons. The van der Waals surface area contributed by atoms with E-state index in [9.17, 15) is 27.9 Å². The van der Waals surface area contributed by atoms with Gasteiger partial charge < -0.3 is 26.8 Å². The number of carbonyl (C=O) groups is 3. The number of benzene rings is 2. The van der Waals surface area contributed by atoms with Gasteiger partial charge in [-0.25, -0.2) is 8.42 Å². The van der Waals surface area contributed by atoms with Gasteiger partial charge in [-0.1, -0.05) is 73.6 Å². The fourth-order valence-electron chi connectivity index (χ4n) is 4.50. The summed E-state index contributed by atoms with van der Waals surface area (Å²) in [5.74, 6) is -2.27. The van der Waals surface area contributed by atoms with E-state index < -0.39 is 58.3 Å². The van der Waals surface area contributed by atoms with Gasteiger partial charge in [-0.05, 0) is 53.8 Å². The molecular weight excluding hydrogens is 586 g/mol. The van der Waals surface area contributed by atoms with E-state index in [2.05, 4.69) is 26.0 Å². The number of nitrogens with zero attached hydrogens (tertiary/aromatic N) is 3. The van der Waals surface area contributed by atoms with Gasteiger partial charge in [-0.15, -0.1) is 0 Å². The van der Waals surface area contributed by atoms with Gasteiger partial charge in [0.2, 0.25) is 17.7 Å². The van der Waals surface area contributed by atoms with Gasteiger partial charge in [0.05, 0.1) is 12.4 Å². The van der Waals surface area contributed by atoms with Crippen LogP contribution in [0.2, 0.25) is 0 Å². The number of nitrogens with one attached hydrogen (secondary N) is 3. The quantitative estimate of drug-likeness (QED) is 0.0930. The Morgan fingerprint density at radius 3 is 2.00 bits per heavy atom. The predicted molar refractivity (Wildman–Crippen MR) is 168 cm³/mol. The van der Waals surface area contributed by atoms with Crippen LogP contribution in [-0.2, 0) is 43.6 Å². The lowest BCUT2D eigenvalue weighted by Gasteiger charge is -2.26. The third-order valence-corrected chi connectivity index (χ3v) is 7.82. The summed E-state index contributed by atoms with van der Waals surface area (Å²) in [6.07, 6.45) is 1.86. The lowest BCUT2D eigenvalue weighted by Crippen LogP contribution is -2.57. The molecule has 3 amide bonds. The molecule has 0 heterocycles. The smallest absolute Gasteiger partial charge is 0.245 e. The van der Waals surface area contributed by atoms with Crippen molar-refractivity contribution in [3.05, 3.63) is 81.7 Å². The van der Waals surface area contributed by atoms with Crippen LogP contribution in [0.4, 0.5) is 0 Å². The molecule has 0 spiro atoms. The highest BCUT2D eigenvalue weighted by atomic mass is 32.2. The summed E-state index contributed by atoms with van der Waals surface area (Å²) in [6.45, 7) is 3.33. The largest absolute Gasteiger partial charge is 0.394 e. The Morgan fingerprint density at radius 1 is 0.886 bits per heavy atom. The first kappa shape index (κ1) is 36.2. The Balaban J connectivity index is 2.16. The molecule has 2 aromatic rings. The maximum Gasteiger partial charge on any atom is 0.245 e. The molecule has 0 saturated carbocycles. The van der Waals surface area contributed by atoms with Crippen molar-refractivity contribution in [1.29, 1.82) is 0 Å². The average Bonchev–Trinajstić information content (AvgIpc) is 2.98. The second kappa shape index (κ2) is 18.0. The number of rotatable bonds is 18. The van der Waals surface area contributed by atoms with Crippen LogP contribution in [0.15, 0.2) is 59.7 Å². The Morgan fingerprint density at radius 2 is 1.45 bits per heavy atom. The molecule has 0 saturated heterocycles. The molecule has 2 aromatic carbocycles. The van der Waals surface area contributed by atoms with E-state index in [0.717, 1.165) is 22.9 Å². The van der Waals surface area contributed by atoms with Gasteiger partial charge in [0.25, 0.3) is 0 Å². The van der Waals surface area contributed by atoms with E-state index in [1.807, 2.05) is 44.2 Å². The number of nitrogens with two attached hydrogens (primary N) is 1. The second-order valence-corrected chi connectivity index (χ2v) is 13.5. The highest BCUT2D eigenvalue weighted by Crippen LogP contribution is 2.12. The normalized spacial score (nSPS) is 14.0. The number of azide groups is 1. The van der Waals surface area contributed by atoms with Gasteiger partial charge in [-0.3, -0.25) is 14.4 Å². The van der Waals surface area contributed by atoms with Crippen LogP contribution in [0.3, 0.4) is 0 Å². The number of hydrogen-bond acceptors (Lipinski definition) is 8. The van der Waals surface area contributed by atoms with Gasteiger partial charge >= 0.3 is 0 Å². The molecule has 44 heavy (non-hydrogen) atoms. The number of sulfone groups is 1. The fourth-order valence-corrected chi connectivity index (χ4v) is 5.21. The van der Waals surface area contributed by atoms with Crippen LogP contribution in [-0.4, -0.2) is 74.0 Å². The van der Waals surface area contributed by atoms with Gasteiger partial charge in [0.1, 0.15) is 28.0 Å². The molecule has 0 aliphatic carbocycles. The molecule has 0 radical (unpaired) electrons. The zero-order valence-corrected chi connectivity index (χ0v) is 26.2. The molecule has 0 unspecified atom stereocenters. The van der Waals surface area contributed by atoms with E-state index in [4.69, 9.17) is 11.3 Å². The van der Waals surface area contributed by atoms with Crippen molar-refractivity contribution in [1.82, 2.24) is 16.0 Å². The topological polar surface area (TPSA) is 216 Å². The zero-order valence-electron chi connectivity index (χ0n) is 25.3. The molecule has 0 aliphatic rings. The molecule has 0 aromatic heterocycles. The lowest BCUT2D eigenvalue weighted by atomic mass is 10.0. The molecule has 0 bridgehead atoms. The van der Waals surface area contributed by atoms with Gasteiger partial charge in [0.15, 0.2) is 0 Å². The number of aliphatic hydroxyl groups is 1. The van der Waals surface area contributed by atoms with Crippen LogP contribution in [0.1, 0.15) is 43.4 Å². The number of hydrogen-bond donors (Lipinski definition) is 5. The summed E-state index contributed by atoms with van der Waals surface area (Å²) in [7, 11) is -3.33. The molecule has 14 heteroatoms. The van der Waals surface area contributed by atoms with Crippen molar-refractivity contribution >= 4 is 27.6 Å². The third-order valence-electron chi connectivity index (χ3n) is 6.85. The van der Waals surface area contributed by atoms with E-state index in [0.29, 0.717) is 13.0 Å². The summed E-state index contributed by atoms with van der Waals surface area (Å²) in [5, 5.41) is 21.5. The van der Waals surface area contributed by atoms with E-state index in [1.54, 1.807) is 24.3 Å². The molecule has 4 atom stereocenters. The predicted octanol–water partition coefficient (Wildman–Crippen LogP) is 1.54. The average molecular weight is 630 g/mol. The SMILES string of the molecule is CC(C)C[C@H](NC(=O)[C@H](Cc1ccccc1)N=[N+]=[N-])C(=O)N[C@@H](CO)C(=O)N[C@H](CCS(C)(=O)=O)Cc1ccc(CN)cc1. The highest BCUT2D eigenvalue weighted by molar-refractivity contribution is 7.90. The minimum absolute atomic E-state index is 0.0365. The van der Waals surface area contributed by atoms with Crippen LogP contribution < -0.4 is 21.7 Å². The van der Waals surface area contributed by atoms with E-state index in [-0.39, 0.29) is 30.9 Å². The summed E-state index contributed by atoms with van der Waals surface area (Å²) < 4.78 is 23.7. The Labute approximate surface area is 258 Å². The first-order valence-corrected chi connectivity index (χ1v) is 16.5. The van der Waals surface area contributed by atoms with Crippen molar-refractivity contribution < 1.29 is 27.9 Å². The molecule has 0 aliphatic heterocycles. The van der Waals surface area contributed by atoms with Crippen molar-refractivity contribution in [3.63, 3.8) is 0 Å². The second-order valence-electron chi connectivity index (χ2n) is 11.2. The first-order chi connectivity index (χ1) is 20.8.